The minimum absolute atomic E-state index is 0.178. The third-order valence-corrected chi connectivity index (χ3v) is 3.52. The molecule has 5 heteroatoms. The second-order valence-corrected chi connectivity index (χ2v) is 4.85. The average molecular weight is 215 g/mol. The summed E-state index contributed by atoms with van der Waals surface area (Å²) >= 11 is 1.61. The zero-order valence-corrected chi connectivity index (χ0v) is 9.06. The molecule has 1 aliphatic rings. The number of alkyl halides is 1. The van der Waals surface area contributed by atoms with E-state index in [2.05, 4.69) is 15.1 Å². The van der Waals surface area contributed by atoms with Crippen molar-refractivity contribution in [2.45, 2.75) is 19.8 Å². The van der Waals surface area contributed by atoms with Crippen LogP contribution in [-0.4, -0.2) is 30.0 Å². The van der Waals surface area contributed by atoms with Crippen LogP contribution in [0.4, 0.5) is 9.52 Å². The van der Waals surface area contributed by atoms with Gasteiger partial charge in [-0.1, -0.05) is 11.3 Å². The van der Waals surface area contributed by atoms with Gasteiger partial charge in [-0.2, -0.15) is 0 Å². The molecule has 0 bridgehead atoms. The van der Waals surface area contributed by atoms with Crippen LogP contribution in [-0.2, 0) is 0 Å². The number of hydrogen-bond donors (Lipinski definition) is 0. The van der Waals surface area contributed by atoms with E-state index in [-0.39, 0.29) is 12.6 Å². The number of rotatable bonds is 2. The molecule has 0 amide bonds. The first-order valence-corrected chi connectivity index (χ1v) is 5.72. The zero-order chi connectivity index (χ0) is 9.97. The lowest BCUT2D eigenvalue weighted by Gasteiger charge is -2.29. The fourth-order valence-electron chi connectivity index (χ4n) is 1.69. The van der Waals surface area contributed by atoms with Gasteiger partial charge in [0.15, 0.2) is 0 Å². The van der Waals surface area contributed by atoms with Gasteiger partial charge in [0.25, 0.3) is 0 Å². The van der Waals surface area contributed by atoms with Crippen molar-refractivity contribution in [3.8, 4) is 0 Å². The first-order valence-electron chi connectivity index (χ1n) is 4.90. The van der Waals surface area contributed by atoms with Crippen LogP contribution in [0.2, 0.25) is 0 Å². The minimum atomic E-state index is -0.178. The van der Waals surface area contributed by atoms with Crippen LogP contribution in [0, 0.1) is 12.8 Å². The molecular formula is C9H14FN3S. The number of halogens is 1. The molecule has 2 heterocycles. The van der Waals surface area contributed by atoms with E-state index in [1.54, 1.807) is 11.3 Å². The van der Waals surface area contributed by atoms with Gasteiger partial charge in [0.1, 0.15) is 5.01 Å². The van der Waals surface area contributed by atoms with E-state index < -0.39 is 0 Å². The van der Waals surface area contributed by atoms with Crippen LogP contribution < -0.4 is 4.90 Å². The third kappa shape index (κ3) is 2.03. The summed E-state index contributed by atoms with van der Waals surface area (Å²) in [6.45, 7) is 3.62. The van der Waals surface area contributed by atoms with E-state index in [9.17, 15) is 4.39 Å². The molecule has 1 aromatic rings. The molecule has 14 heavy (non-hydrogen) atoms. The molecule has 3 nitrogen and oxygen atoms in total. The van der Waals surface area contributed by atoms with Gasteiger partial charge in [0, 0.05) is 13.1 Å². The van der Waals surface area contributed by atoms with Gasteiger partial charge in [0.05, 0.1) is 6.67 Å². The normalized spacial score (nSPS) is 18.9. The highest BCUT2D eigenvalue weighted by atomic mass is 32.1. The summed E-state index contributed by atoms with van der Waals surface area (Å²) in [7, 11) is 0. The summed E-state index contributed by atoms with van der Waals surface area (Å²) in [5.41, 5.74) is 0. The molecule has 1 saturated heterocycles. The average Bonchev–Trinajstić information content (AvgIpc) is 2.65. The predicted molar refractivity (Wildman–Crippen MR) is 55.6 cm³/mol. The maximum Gasteiger partial charge on any atom is 0.208 e. The molecule has 1 fully saturated rings. The van der Waals surface area contributed by atoms with Crippen molar-refractivity contribution in [1.29, 1.82) is 0 Å². The number of piperidine rings is 1. The van der Waals surface area contributed by atoms with Gasteiger partial charge in [-0.25, -0.2) is 0 Å². The Morgan fingerprint density at radius 2 is 2.14 bits per heavy atom. The van der Waals surface area contributed by atoms with Gasteiger partial charge in [-0.3, -0.25) is 4.39 Å². The topological polar surface area (TPSA) is 29.0 Å². The SMILES string of the molecule is Cc1nnc(N2CCC(CF)CC2)s1. The van der Waals surface area contributed by atoms with E-state index in [4.69, 9.17) is 0 Å². The molecule has 0 aliphatic carbocycles. The number of anilines is 1. The van der Waals surface area contributed by atoms with Gasteiger partial charge in [0.2, 0.25) is 5.13 Å². The molecule has 2 rings (SSSR count). The van der Waals surface area contributed by atoms with Crippen molar-refractivity contribution in [2.24, 2.45) is 5.92 Å². The van der Waals surface area contributed by atoms with Gasteiger partial charge in [-0.15, -0.1) is 10.2 Å². The highest BCUT2D eigenvalue weighted by Gasteiger charge is 2.21. The molecule has 0 spiro atoms. The Balaban J connectivity index is 1.95. The molecular weight excluding hydrogens is 201 g/mol. The van der Waals surface area contributed by atoms with Crippen LogP contribution in [0.15, 0.2) is 0 Å². The fourth-order valence-corrected chi connectivity index (χ4v) is 2.43. The van der Waals surface area contributed by atoms with Gasteiger partial charge in [-0.05, 0) is 25.7 Å². The predicted octanol–water partition coefficient (Wildman–Crippen LogP) is 2.03. The Morgan fingerprint density at radius 3 is 2.64 bits per heavy atom. The molecule has 0 saturated carbocycles. The van der Waals surface area contributed by atoms with Crippen molar-refractivity contribution in [1.82, 2.24) is 10.2 Å². The van der Waals surface area contributed by atoms with Gasteiger partial charge >= 0.3 is 0 Å². The van der Waals surface area contributed by atoms with Crippen molar-refractivity contribution in [3.05, 3.63) is 5.01 Å². The Hall–Kier alpha value is -0.710. The lowest BCUT2D eigenvalue weighted by molar-refractivity contribution is 0.307. The van der Waals surface area contributed by atoms with Crippen molar-refractivity contribution < 1.29 is 4.39 Å². The summed E-state index contributed by atoms with van der Waals surface area (Å²) in [6.07, 6.45) is 1.88. The third-order valence-electron chi connectivity index (χ3n) is 2.62. The molecule has 0 unspecified atom stereocenters. The molecule has 0 aromatic carbocycles. The molecule has 0 atom stereocenters. The smallest absolute Gasteiger partial charge is 0.208 e. The standard InChI is InChI=1S/C9H14FN3S/c1-7-11-12-9(14-7)13-4-2-8(6-10)3-5-13/h8H,2-6H2,1H3. The Morgan fingerprint density at radius 1 is 1.43 bits per heavy atom. The van der Waals surface area contributed by atoms with Crippen molar-refractivity contribution in [3.63, 3.8) is 0 Å². The van der Waals surface area contributed by atoms with Crippen LogP contribution in [0.3, 0.4) is 0 Å². The summed E-state index contributed by atoms with van der Waals surface area (Å²) < 4.78 is 12.4. The summed E-state index contributed by atoms with van der Waals surface area (Å²) in [4.78, 5) is 2.21. The second kappa shape index (κ2) is 4.21. The highest BCUT2D eigenvalue weighted by molar-refractivity contribution is 7.15. The van der Waals surface area contributed by atoms with Crippen molar-refractivity contribution >= 4 is 16.5 Å². The lowest BCUT2D eigenvalue weighted by atomic mass is 9.99. The maximum absolute atomic E-state index is 12.4. The summed E-state index contributed by atoms with van der Waals surface area (Å²) in [5, 5.41) is 10.1. The largest absolute Gasteiger partial charge is 0.347 e. The van der Waals surface area contributed by atoms with Crippen molar-refractivity contribution in [2.75, 3.05) is 24.7 Å². The number of aromatic nitrogens is 2. The summed E-state index contributed by atoms with van der Waals surface area (Å²) in [6, 6.07) is 0. The second-order valence-electron chi connectivity index (χ2n) is 3.69. The molecule has 0 N–H and O–H groups in total. The Labute approximate surface area is 87.0 Å². The molecule has 0 radical (unpaired) electrons. The quantitative estimate of drug-likeness (QED) is 0.756. The minimum Gasteiger partial charge on any atom is -0.347 e. The van der Waals surface area contributed by atoms with Crippen LogP contribution in [0.1, 0.15) is 17.8 Å². The maximum atomic E-state index is 12.4. The lowest BCUT2D eigenvalue weighted by Crippen LogP contribution is -2.34. The first-order chi connectivity index (χ1) is 6.79. The van der Waals surface area contributed by atoms with Crippen LogP contribution >= 0.6 is 11.3 Å². The van der Waals surface area contributed by atoms with Crippen LogP contribution in [0.5, 0.6) is 0 Å². The molecule has 78 valence electrons. The summed E-state index contributed by atoms with van der Waals surface area (Å²) in [5.74, 6) is 0.264. The van der Waals surface area contributed by atoms with E-state index in [1.807, 2.05) is 6.92 Å². The highest BCUT2D eigenvalue weighted by Crippen LogP contribution is 2.25. The number of hydrogen-bond acceptors (Lipinski definition) is 4. The fraction of sp³-hybridized carbons (Fsp3) is 0.778. The Kier molecular flexibility index (Phi) is 2.96. The van der Waals surface area contributed by atoms with Gasteiger partial charge < -0.3 is 4.90 Å². The van der Waals surface area contributed by atoms with E-state index >= 15 is 0 Å². The number of aryl methyl sites for hydroxylation is 1. The number of nitrogens with zero attached hydrogens (tertiary/aromatic N) is 3. The monoisotopic (exact) mass is 215 g/mol. The zero-order valence-electron chi connectivity index (χ0n) is 8.24. The van der Waals surface area contributed by atoms with E-state index in [1.165, 1.54) is 0 Å². The van der Waals surface area contributed by atoms with E-state index in [0.29, 0.717) is 0 Å². The Bertz CT molecular complexity index is 294. The first kappa shape index (κ1) is 9.83. The molecule has 1 aromatic heterocycles. The van der Waals surface area contributed by atoms with Crippen LogP contribution in [0.25, 0.3) is 0 Å². The molecule has 1 aliphatic heterocycles. The van der Waals surface area contributed by atoms with E-state index in [0.717, 1.165) is 36.1 Å².